The van der Waals surface area contributed by atoms with Gasteiger partial charge in [-0.3, -0.25) is 9.98 Å². The molecule has 2 rings (SSSR count). The monoisotopic (exact) mass is 433 g/mol. The maximum absolute atomic E-state index is 6.46. The van der Waals surface area contributed by atoms with E-state index in [1.54, 1.807) is 0 Å². The summed E-state index contributed by atoms with van der Waals surface area (Å²) in [7, 11) is 1.86. The highest BCUT2D eigenvalue weighted by molar-refractivity contribution is 5.95. The molecule has 0 aromatic heterocycles. The molecule has 1 aliphatic carbocycles. The Kier molecular flexibility index (Phi) is 9.24. The summed E-state index contributed by atoms with van der Waals surface area (Å²) in [6.45, 7) is 15.0. The van der Waals surface area contributed by atoms with Gasteiger partial charge in [0.05, 0.1) is 5.54 Å². The first-order chi connectivity index (χ1) is 15.1. The van der Waals surface area contributed by atoms with E-state index in [0.29, 0.717) is 0 Å². The van der Waals surface area contributed by atoms with Gasteiger partial charge in [-0.1, -0.05) is 31.6 Å². The summed E-state index contributed by atoms with van der Waals surface area (Å²) in [5.41, 5.74) is 17.6. The van der Waals surface area contributed by atoms with Gasteiger partial charge in [0.1, 0.15) is 0 Å². The van der Waals surface area contributed by atoms with Crippen molar-refractivity contribution in [3.8, 4) is 0 Å². The zero-order valence-electron chi connectivity index (χ0n) is 21.6. The standard InChI is InChI=1S/C29H43N3/c1-9-10-13-24(27(22(4)30)19-32-29(5,6)7)23-14-11-12-15-25(23)28-21(3)17-16-20(2)26(28)18-31-8/h13,16-19H,9-12,14-15,30H2,1-8H3/b24-13-,27-22+,31-18?,32-19?. The molecule has 0 amide bonds. The van der Waals surface area contributed by atoms with Gasteiger partial charge in [0, 0.05) is 36.3 Å². The van der Waals surface area contributed by atoms with Crippen molar-refractivity contribution >= 4 is 18.0 Å². The van der Waals surface area contributed by atoms with Crippen LogP contribution in [0.25, 0.3) is 5.57 Å². The Morgan fingerprint density at radius 1 is 1.09 bits per heavy atom. The molecule has 1 aliphatic rings. The molecule has 0 heterocycles. The molecule has 0 atom stereocenters. The van der Waals surface area contributed by atoms with Gasteiger partial charge >= 0.3 is 0 Å². The molecule has 2 N–H and O–H groups in total. The van der Waals surface area contributed by atoms with Gasteiger partial charge < -0.3 is 5.73 Å². The first-order valence-electron chi connectivity index (χ1n) is 12.1. The van der Waals surface area contributed by atoms with Crippen LogP contribution in [0.3, 0.4) is 0 Å². The van der Waals surface area contributed by atoms with Gasteiger partial charge in [-0.25, -0.2) is 0 Å². The van der Waals surface area contributed by atoms with Crippen LogP contribution in [-0.2, 0) is 0 Å². The summed E-state index contributed by atoms with van der Waals surface area (Å²) in [6.07, 6.45) is 13.1. The summed E-state index contributed by atoms with van der Waals surface area (Å²) in [6, 6.07) is 4.45. The van der Waals surface area contributed by atoms with Crippen molar-refractivity contribution in [2.45, 2.75) is 92.5 Å². The van der Waals surface area contributed by atoms with Crippen molar-refractivity contribution in [1.29, 1.82) is 0 Å². The smallest absolute Gasteiger partial charge is 0.0524 e. The van der Waals surface area contributed by atoms with Gasteiger partial charge in [-0.15, -0.1) is 0 Å². The fourth-order valence-electron chi connectivity index (χ4n) is 4.33. The molecule has 32 heavy (non-hydrogen) atoms. The molecule has 3 nitrogen and oxygen atoms in total. The van der Waals surface area contributed by atoms with Crippen LogP contribution >= 0.6 is 0 Å². The predicted octanol–water partition coefficient (Wildman–Crippen LogP) is 7.51. The lowest BCUT2D eigenvalue weighted by atomic mass is 9.78. The van der Waals surface area contributed by atoms with Gasteiger partial charge in [0.15, 0.2) is 0 Å². The van der Waals surface area contributed by atoms with E-state index < -0.39 is 0 Å². The summed E-state index contributed by atoms with van der Waals surface area (Å²) in [5, 5.41) is 0. The van der Waals surface area contributed by atoms with Crippen LogP contribution < -0.4 is 5.73 Å². The average molecular weight is 434 g/mol. The third-order valence-electron chi connectivity index (χ3n) is 5.96. The highest BCUT2D eigenvalue weighted by Gasteiger charge is 2.23. The van der Waals surface area contributed by atoms with E-state index in [9.17, 15) is 0 Å². The maximum Gasteiger partial charge on any atom is 0.0524 e. The molecule has 0 bridgehead atoms. The van der Waals surface area contributed by atoms with Crippen LogP contribution in [0.2, 0.25) is 0 Å². The number of rotatable bonds is 7. The zero-order valence-corrected chi connectivity index (χ0v) is 21.6. The SMILES string of the molecule is CCC/C=C(C1=C(c2c(C)ccc(C)c2C=NC)CCCC1)\C(C=NC(C)(C)C)=C(/C)N. The maximum atomic E-state index is 6.46. The number of nitrogens with two attached hydrogens (primary N) is 1. The minimum absolute atomic E-state index is 0.141. The molecule has 0 saturated heterocycles. The zero-order chi connectivity index (χ0) is 23.9. The molecule has 1 aromatic carbocycles. The highest BCUT2D eigenvalue weighted by atomic mass is 14.8. The van der Waals surface area contributed by atoms with Crippen molar-refractivity contribution in [3.05, 3.63) is 62.9 Å². The second-order valence-electron chi connectivity index (χ2n) is 9.97. The largest absolute Gasteiger partial charge is 0.402 e. The first-order valence-corrected chi connectivity index (χ1v) is 12.1. The van der Waals surface area contributed by atoms with E-state index in [1.807, 2.05) is 26.4 Å². The Morgan fingerprint density at radius 2 is 1.75 bits per heavy atom. The minimum Gasteiger partial charge on any atom is -0.402 e. The van der Waals surface area contributed by atoms with E-state index >= 15 is 0 Å². The van der Waals surface area contributed by atoms with Gasteiger partial charge in [0.2, 0.25) is 0 Å². The van der Waals surface area contributed by atoms with Crippen LogP contribution in [0.4, 0.5) is 0 Å². The molecule has 174 valence electrons. The van der Waals surface area contributed by atoms with E-state index in [-0.39, 0.29) is 5.54 Å². The molecule has 0 spiro atoms. The number of hydrogen-bond acceptors (Lipinski definition) is 3. The van der Waals surface area contributed by atoms with Gasteiger partial charge in [-0.05, 0) is 107 Å². The molecule has 0 fully saturated rings. The number of nitrogens with zero attached hydrogens (tertiary/aromatic N) is 2. The van der Waals surface area contributed by atoms with Crippen molar-refractivity contribution in [1.82, 2.24) is 0 Å². The van der Waals surface area contributed by atoms with Crippen LogP contribution in [0.15, 0.2) is 50.6 Å². The third-order valence-corrected chi connectivity index (χ3v) is 5.96. The quantitative estimate of drug-likeness (QED) is 0.351. The topological polar surface area (TPSA) is 50.7 Å². The normalized spacial score (nSPS) is 16.9. The van der Waals surface area contributed by atoms with E-state index in [1.165, 1.54) is 51.8 Å². The number of hydrogen-bond donors (Lipinski definition) is 1. The summed E-state index contributed by atoms with van der Waals surface area (Å²) >= 11 is 0. The molecule has 3 heteroatoms. The molecular weight excluding hydrogens is 390 g/mol. The minimum atomic E-state index is -0.141. The summed E-state index contributed by atoms with van der Waals surface area (Å²) in [5.74, 6) is 0. The summed E-state index contributed by atoms with van der Waals surface area (Å²) < 4.78 is 0. The third kappa shape index (κ3) is 6.54. The lowest BCUT2D eigenvalue weighted by molar-refractivity contribution is 0.586. The average Bonchev–Trinajstić information content (AvgIpc) is 2.72. The molecule has 0 unspecified atom stereocenters. The second-order valence-corrected chi connectivity index (χ2v) is 9.97. The van der Waals surface area contributed by atoms with E-state index in [0.717, 1.165) is 37.0 Å². The van der Waals surface area contributed by atoms with Crippen LogP contribution in [-0.4, -0.2) is 25.0 Å². The summed E-state index contributed by atoms with van der Waals surface area (Å²) in [4.78, 5) is 9.22. The lowest BCUT2D eigenvalue weighted by Crippen LogP contribution is -2.14. The van der Waals surface area contributed by atoms with E-state index in [2.05, 4.69) is 64.7 Å². The highest BCUT2D eigenvalue weighted by Crippen LogP contribution is 2.41. The molecule has 0 radical (unpaired) electrons. The fraction of sp³-hybridized carbons (Fsp3) is 0.517. The van der Waals surface area contributed by atoms with Gasteiger partial charge in [-0.2, -0.15) is 0 Å². The Bertz CT molecular complexity index is 959. The number of aliphatic imine (C=N–C) groups is 2. The Labute approximate surface area is 196 Å². The number of benzene rings is 1. The van der Waals surface area contributed by atoms with Crippen molar-refractivity contribution in [2.24, 2.45) is 15.7 Å². The molecule has 1 aromatic rings. The van der Waals surface area contributed by atoms with Crippen LogP contribution in [0.5, 0.6) is 0 Å². The number of allylic oxidation sites excluding steroid dienone is 6. The molecule has 0 aliphatic heterocycles. The van der Waals surface area contributed by atoms with Crippen molar-refractivity contribution < 1.29 is 0 Å². The molecule has 0 saturated carbocycles. The number of unbranched alkanes of at least 4 members (excludes halogenated alkanes) is 1. The first kappa shape index (κ1) is 25.8. The lowest BCUT2D eigenvalue weighted by Gasteiger charge is -2.27. The predicted molar refractivity (Wildman–Crippen MR) is 143 cm³/mol. The Balaban J connectivity index is 2.84. The van der Waals surface area contributed by atoms with Crippen molar-refractivity contribution in [3.63, 3.8) is 0 Å². The van der Waals surface area contributed by atoms with Crippen LogP contribution in [0, 0.1) is 13.8 Å². The van der Waals surface area contributed by atoms with Crippen molar-refractivity contribution in [2.75, 3.05) is 7.05 Å². The molecular formula is C29H43N3. The fourth-order valence-corrected chi connectivity index (χ4v) is 4.33. The van der Waals surface area contributed by atoms with E-state index in [4.69, 9.17) is 10.7 Å². The number of aryl methyl sites for hydroxylation is 2. The van der Waals surface area contributed by atoms with Crippen LogP contribution in [0.1, 0.15) is 95.4 Å². The second kappa shape index (κ2) is 11.4. The Hall–Kier alpha value is -2.42. The van der Waals surface area contributed by atoms with Gasteiger partial charge in [0.25, 0.3) is 0 Å². The Morgan fingerprint density at radius 3 is 2.34 bits per heavy atom.